The number of carbonyl (C=O) groups is 1. The first-order valence-electron chi connectivity index (χ1n) is 6.14. The summed E-state index contributed by atoms with van der Waals surface area (Å²) in [4.78, 5) is 11.6. The molecule has 90 valence electrons. The molecule has 1 aliphatic rings. The molecule has 0 aliphatic heterocycles. The fourth-order valence-corrected chi connectivity index (χ4v) is 2.20. The van der Waals surface area contributed by atoms with E-state index >= 15 is 0 Å². The summed E-state index contributed by atoms with van der Waals surface area (Å²) in [6.07, 6.45) is 1.97. The summed E-state index contributed by atoms with van der Waals surface area (Å²) in [6, 6.07) is 10.4. The third-order valence-corrected chi connectivity index (χ3v) is 3.25. The molecule has 1 aromatic rings. The molecule has 0 radical (unpaired) electrons. The van der Waals surface area contributed by atoms with Gasteiger partial charge < -0.3 is 4.74 Å². The lowest BCUT2D eigenvalue weighted by Gasteiger charge is -2.02. The Morgan fingerprint density at radius 2 is 1.94 bits per heavy atom. The first kappa shape index (κ1) is 11.9. The second-order valence-electron chi connectivity index (χ2n) is 4.38. The van der Waals surface area contributed by atoms with E-state index < -0.39 is 0 Å². The smallest absolute Gasteiger partial charge is 0.317 e. The first-order valence-corrected chi connectivity index (χ1v) is 6.14. The van der Waals surface area contributed by atoms with Crippen LogP contribution in [0.2, 0.25) is 0 Å². The molecule has 0 amide bonds. The van der Waals surface area contributed by atoms with Crippen LogP contribution in [0.3, 0.4) is 0 Å². The maximum absolute atomic E-state index is 11.6. The molecule has 0 bridgehead atoms. The van der Waals surface area contributed by atoms with E-state index in [9.17, 15) is 4.79 Å². The number of ether oxygens (including phenoxy) is 1. The van der Waals surface area contributed by atoms with Gasteiger partial charge in [0.15, 0.2) is 0 Å². The van der Waals surface area contributed by atoms with E-state index in [4.69, 9.17) is 4.74 Å². The third-order valence-electron chi connectivity index (χ3n) is 3.25. The van der Waals surface area contributed by atoms with Crippen molar-refractivity contribution in [3.63, 3.8) is 0 Å². The van der Waals surface area contributed by atoms with Gasteiger partial charge in [-0.25, -0.2) is 0 Å². The Morgan fingerprint density at radius 3 is 2.59 bits per heavy atom. The maximum atomic E-state index is 11.6. The molecule has 2 rings (SSSR count). The van der Waals surface area contributed by atoms with E-state index in [2.05, 4.69) is 12.1 Å². The van der Waals surface area contributed by atoms with Gasteiger partial charge in [-0.05, 0) is 32.3 Å². The molecule has 0 spiro atoms. The molecule has 0 saturated heterocycles. The Morgan fingerprint density at radius 1 is 1.24 bits per heavy atom. The van der Waals surface area contributed by atoms with E-state index in [0.29, 0.717) is 6.61 Å². The van der Waals surface area contributed by atoms with Crippen LogP contribution in [0, 0.1) is 5.92 Å². The molecule has 1 aromatic carbocycles. The number of esters is 1. The topological polar surface area (TPSA) is 26.3 Å². The van der Waals surface area contributed by atoms with Crippen molar-refractivity contribution in [2.45, 2.75) is 26.7 Å². The van der Waals surface area contributed by atoms with Crippen LogP contribution < -0.4 is 0 Å². The zero-order chi connectivity index (χ0) is 12.3. The van der Waals surface area contributed by atoms with Gasteiger partial charge in [0.1, 0.15) is 0 Å². The van der Waals surface area contributed by atoms with Gasteiger partial charge in [0.2, 0.25) is 0 Å². The van der Waals surface area contributed by atoms with Crippen LogP contribution in [0.1, 0.15) is 25.8 Å². The van der Waals surface area contributed by atoms with Gasteiger partial charge in [-0.2, -0.15) is 0 Å². The van der Waals surface area contributed by atoms with E-state index in [0.717, 1.165) is 12.8 Å². The second kappa shape index (κ2) is 5.17. The monoisotopic (exact) mass is 230 g/mol. The minimum atomic E-state index is -0.0759. The Kier molecular flexibility index (Phi) is 3.62. The molecule has 0 unspecified atom stereocenters. The summed E-state index contributed by atoms with van der Waals surface area (Å²) in [6.45, 7) is 4.34. The van der Waals surface area contributed by atoms with Crippen LogP contribution in [-0.2, 0) is 16.0 Å². The second-order valence-corrected chi connectivity index (χ2v) is 4.38. The predicted molar refractivity (Wildman–Crippen MR) is 67.6 cm³/mol. The van der Waals surface area contributed by atoms with Crippen molar-refractivity contribution in [1.82, 2.24) is 0 Å². The zero-order valence-electron chi connectivity index (χ0n) is 10.4. The first-order chi connectivity index (χ1) is 8.24. The van der Waals surface area contributed by atoms with Gasteiger partial charge in [-0.15, -0.1) is 0 Å². The number of benzene rings is 1. The van der Waals surface area contributed by atoms with Crippen LogP contribution >= 0.6 is 0 Å². The molecule has 2 nitrogen and oxygen atoms in total. The van der Waals surface area contributed by atoms with Gasteiger partial charge in [0.25, 0.3) is 0 Å². The van der Waals surface area contributed by atoms with Crippen molar-refractivity contribution in [2.24, 2.45) is 5.92 Å². The average molecular weight is 230 g/mol. The minimum Gasteiger partial charge on any atom is -0.465 e. The molecule has 0 N–H and O–H groups in total. The number of aryl methyl sites for hydroxylation is 1. The normalized spacial score (nSPS) is 18.1. The van der Waals surface area contributed by atoms with Gasteiger partial charge in [-0.1, -0.05) is 41.5 Å². The van der Waals surface area contributed by atoms with Crippen molar-refractivity contribution in [1.29, 1.82) is 0 Å². The zero-order valence-corrected chi connectivity index (χ0v) is 10.4. The summed E-state index contributed by atoms with van der Waals surface area (Å²) >= 11 is 0. The third kappa shape index (κ3) is 2.76. The van der Waals surface area contributed by atoms with Crippen LogP contribution in [0.15, 0.2) is 41.5 Å². The highest BCUT2D eigenvalue weighted by molar-refractivity contribution is 5.85. The van der Waals surface area contributed by atoms with Crippen molar-refractivity contribution < 1.29 is 9.53 Å². The molecule has 17 heavy (non-hydrogen) atoms. The molecular weight excluding hydrogens is 212 g/mol. The highest BCUT2D eigenvalue weighted by atomic mass is 16.5. The van der Waals surface area contributed by atoms with Gasteiger partial charge in [-0.3, -0.25) is 4.79 Å². The number of hydrogen-bond acceptors (Lipinski definition) is 2. The van der Waals surface area contributed by atoms with Crippen LogP contribution in [-0.4, -0.2) is 12.6 Å². The van der Waals surface area contributed by atoms with Crippen molar-refractivity contribution in [2.75, 3.05) is 6.61 Å². The Bertz CT molecular complexity index is 431. The molecule has 0 aromatic heterocycles. The average Bonchev–Trinajstić information content (AvgIpc) is 2.99. The molecule has 0 saturated carbocycles. The molecular formula is C15H18O2. The van der Waals surface area contributed by atoms with Gasteiger partial charge >= 0.3 is 5.97 Å². The number of carbonyl (C=O) groups excluding carboxylic acids is 1. The van der Waals surface area contributed by atoms with E-state index in [1.165, 1.54) is 16.7 Å². The van der Waals surface area contributed by atoms with Crippen LogP contribution in [0.4, 0.5) is 0 Å². The quantitative estimate of drug-likeness (QED) is 0.574. The predicted octanol–water partition coefficient (Wildman–Crippen LogP) is 3.13. The lowest BCUT2D eigenvalue weighted by Crippen LogP contribution is -2.09. The highest BCUT2D eigenvalue weighted by Crippen LogP contribution is 2.42. The SMILES string of the molecule is CCOC(=O)[C@@H]1C(C)=C1CCc1ccccc1. The summed E-state index contributed by atoms with van der Waals surface area (Å²) in [7, 11) is 0. The molecule has 2 heteroatoms. The van der Waals surface area contributed by atoms with Crippen LogP contribution in [0.5, 0.6) is 0 Å². The summed E-state index contributed by atoms with van der Waals surface area (Å²) in [5.74, 6) is -0.0910. The number of hydrogen-bond donors (Lipinski definition) is 0. The molecule has 0 fully saturated rings. The van der Waals surface area contributed by atoms with E-state index in [1.807, 2.05) is 32.0 Å². The Hall–Kier alpha value is -1.57. The van der Waals surface area contributed by atoms with E-state index in [-0.39, 0.29) is 11.9 Å². The highest BCUT2D eigenvalue weighted by Gasteiger charge is 2.39. The summed E-state index contributed by atoms with van der Waals surface area (Å²) in [5.41, 5.74) is 3.80. The molecule has 1 atom stereocenters. The Balaban J connectivity index is 1.84. The van der Waals surface area contributed by atoms with Crippen molar-refractivity contribution >= 4 is 5.97 Å². The standard InChI is InChI=1S/C15H18O2/c1-3-17-15(16)14-11(2)13(14)10-9-12-7-5-4-6-8-12/h4-8,14H,3,9-10H2,1-2H3/t14-/m1/s1. The lowest BCUT2D eigenvalue weighted by atomic mass is 10.1. The summed E-state index contributed by atoms with van der Waals surface area (Å²) < 4.78 is 5.04. The molecule has 1 aliphatic carbocycles. The van der Waals surface area contributed by atoms with Gasteiger partial charge in [0.05, 0.1) is 12.5 Å². The summed E-state index contributed by atoms with van der Waals surface area (Å²) in [5, 5.41) is 0. The fourth-order valence-electron chi connectivity index (χ4n) is 2.20. The largest absolute Gasteiger partial charge is 0.465 e. The Labute approximate surface area is 102 Å². The lowest BCUT2D eigenvalue weighted by molar-refractivity contribution is -0.144. The van der Waals surface area contributed by atoms with Crippen LogP contribution in [0.25, 0.3) is 0 Å². The minimum absolute atomic E-state index is 0.0151. The fraction of sp³-hybridized carbons (Fsp3) is 0.400. The molecule has 0 heterocycles. The van der Waals surface area contributed by atoms with E-state index in [1.54, 1.807) is 0 Å². The number of rotatable bonds is 5. The van der Waals surface area contributed by atoms with Crippen molar-refractivity contribution in [3.8, 4) is 0 Å². The maximum Gasteiger partial charge on any atom is 0.317 e. The van der Waals surface area contributed by atoms with Crippen molar-refractivity contribution in [3.05, 3.63) is 47.0 Å². The van der Waals surface area contributed by atoms with Gasteiger partial charge in [0, 0.05) is 0 Å².